The Morgan fingerprint density at radius 1 is 1.33 bits per heavy atom. The number of ether oxygens (including phenoxy) is 3. The Labute approximate surface area is 142 Å². The SMILES string of the molecule is CC(C)NC(=O)CCNCC(O)COc1cccc2c1OCCO2. The van der Waals surface area contributed by atoms with Crippen LogP contribution in [0.3, 0.4) is 0 Å². The van der Waals surface area contributed by atoms with Gasteiger partial charge in [-0.1, -0.05) is 6.07 Å². The second kappa shape index (κ2) is 9.34. The maximum absolute atomic E-state index is 11.5. The van der Waals surface area contributed by atoms with E-state index in [1.165, 1.54) is 0 Å². The molecule has 24 heavy (non-hydrogen) atoms. The molecule has 1 aliphatic rings. The zero-order valence-corrected chi connectivity index (χ0v) is 14.2. The highest BCUT2D eigenvalue weighted by molar-refractivity contribution is 5.76. The summed E-state index contributed by atoms with van der Waals surface area (Å²) in [6.45, 7) is 5.83. The van der Waals surface area contributed by atoms with Gasteiger partial charge in [0, 0.05) is 25.6 Å². The molecular formula is C17H26N2O5. The lowest BCUT2D eigenvalue weighted by atomic mass is 10.2. The van der Waals surface area contributed by atoms with Crippen LogP contribution >= 0.6 is 0 Å². The number of fused-ring (bicyclic) bond motifs is 1. The van der Waals surface area contributed by atoms with Crippen LogP contribution in [0.5, 0.6) is 17.2 Å². The van der Waals surface area contributed by atoms with E-state index >= 15 is 0 Å². The molecule has 7 nitrogen and oxygen atoms in total. The number of nitrogens with one attached hydrogen (secondary N) is 2. The average Bonchev–Trinajstić information content (AvgIpc) is 2.56. The predicted octanol–water partition coefficient (Wildman–Crippen LogP) is 0.702. The van der Waals surface area contributed by atoms with Crippen LogP contribution in [0.15, 0.2) is 18.2 Å². The van der Waals surface area contributed by atoms with Gasteiger partial charge < -0.3 is 30.0 Å². The van der Waals surface area contributed by atoms with Gasteiger partial charge in [-0.15, -0.1) is 0 Å². The number of hydrogen-bond donors (Lipinski definition) is 3. The van der Waals surface area contributed by atoms with Gasteiger partial charge in [-0.2, -0.15) is 0 Å². The summed E-state index contributed by atoms with van der Waals surface area (Å²) in [7, 11) is 0. The van der Waals surface area contributed by atoms with E-state index in [0.29, 0.717) is 50.0 Å². The van der Waals surface area contributed by atoms with Gasteiger partial charge in [0.25, 0.3) is 0 Å². The van der Waals surface area contributed by atoms with Crippen LogP contribution in [0, 0.1) is 0 Å². The zero-order chi connectivity index (χ0) is 17.4. The van der Waals surface area contributed by atoms with Crippen molar-refractivity contribution < 1.29 is 24.1 Å². The Kier molecular flexibility index (Phi) is 7.14. The van der Waals surface area contributed by atoms with Gasteiger partial charge in [0.1, 0.15) is 25.9 Å². The maximum Gasteiger partial charge on any atom is 0.221 e. The van der Waals surface area contributed by atoms with Gasteiger partial charge in [-0.05, 0) is 26.0 Å². The lowest BCUT2D eigenvalue weighted by Crippen LogP contribution is -2.36. The average molecular weight is 338 g/mol. The number of hydrogen-bond acceptors (Lipinski definition) is 6. The fraction of sp³-hybridized carbons (Fsp3) is 0.588. The van der Waals surface area contributed by atoms with Crippen LogP contribution in [0.25, 0.3) is 0 Å². The number of carbonyl (C=O) groups excluding carboxylic acids is 1. The van der Waals surface area contributed by atoms with Gasteiger partial charge in [0.2, 0.25) is 11.7 Å². The molecule has 1 heterocycles. The number of aliphatic hydroxyl groups is 1. The molecular weight excluding hydrogens is 312 g/mol. The highest BCUT2D eigenvalue weighted by Crippen LogP contribution is 2.38. The van der Waals surface area contributed by atoms with Crippen LogP contribution in [0.1, 0.15) is 20.3 Å². The van der Waals surface area contributed by atoms with Crippen molar-refractivity contribution in [3.8, 4) is 17.2 Å². The maximum atomic E-state index is 11.5. The van der Waals surface area contributed by atoms with E-state index in [0.717, 1.165) is 0 Å². The summed E-state index contributed by atoms with van der Waals surface area (Å²) >= 11 is 0. The van der Waals surface area contributed by atoms with Gasteiger partial charge in [-0.25, -0.2) is 0 Å². The van der Waals surface area contributed by atoms with Crippen molar-refractivity contribution in [2.75, 3.05) is 32.9 Å². The molecule has 3 N–H and O–H groups in total. The number of carbonyl (C=O) groups is 1. The quantitative estimate of drug-likeness (QED) is 0.575. The third kappa shape index (κ3) is 5.90. The fourth-order valence-electron chi connectivity index (χ4n) is 2.27. The minimum Gasteiger partial charge on any atom is -0.487 e. The molecule has 1 unspecified atom stereocenters. The summed E-state index contributed by atoms with van der Waals surface area (Å²) in [4.78, 5) is 11.5. The first-order valence-corrected chi connectivity index (χ1v) is 8.26. The largest absolute Gasteiger partial charge is 0.487 e. The summed E-state index contributed by atoms with van der Waals surface area (Å²) in [5, 5.41) is 15.8. The second-order valence-electron chi connectivity index (χ2n) is 5.92. The Hall–Kier alpha value is -1.99. The topological polar surface area (TPSA) is 89.1 Å². The molecule has 1 atom stereocenters. The number of amides is 1. The predicted molar refractivity (Wildman–Crippen MR) is 89.7 cm³/mol. The third-order valence-electron chi connectivity index (χ3n) is 3.32. The van der Waals surface area contributed by atoms with Gasteiger partial charge in [0.15, 0.2) is 11.5 Å². The zero-order valence-electron chi connectivity index (χ0n) is 14.2. The molecule has 2 rings (SSSR count). The van der Waals surface area contributed by atoms with E-state index in [1.54, 1.807) is 6.07 Å². The van der Waals surface area contributed by atoms with Crippen LogP contribution in [0.2, 0.25) is 0 Å². The summed E-state index contributed by atoms with van der Waals surface area (Å²) in [6.07, 6.45) is -0.304. The van der Waals surface area contributed by atoms with E-state index in [-0.39, 0.29) is 18.6 Å². The van der Waals surface area contributed by atoms with Crippen LogP contribution in [-0.2, 0) is 4.79 Å². The molecule has 0 bridgehead atoms. The van der Waals surface area contributed by atoms with Crippen molar-refractivity contribution >= 4 is 5.91 Å². The monoisotopic (exact) mass is 338 g/mol. The molecule has 0 radical (unpaired) electrons. The molecule has 0 aromatic heterocycles. The van der Waals surface area contributed by atoms with Crippen molar-refractivity contribution in [2.24, 2.45) is 0 Å². The third-order valence-corrected chi connectivity index (χ3v) is 3.32. The van der Waals surface area contributed by atoms with Crippen LogP contribution in [0.4, 0.5) is 0 Å². The molecule has 0 spiro atoms. The highest BCUT2D eigenvalue weighted by Gasteiger charge is 2.17. The molecule has 0 saturated carbocycles. The van der Waals surface area contributed by atoms with Crippen molar-refractivity contribution in [2.45, 2.75) is 32.4 Å². The number of para-hydroxylation sites is 1. The van der Waals surface area contributed by atoms with Crippen molar-refractivity contribution in [1.82, 2.24) is 10.6 Å². The molecule has 0 aliphatic carbocycles. The molecule has 1 aromatic rings. The van der Waals surface area contributed by atoms with Crippen molar-refractivity contribution in [3.05, 3.63) is 18.2 Å². The van der Waals surface area contributed by atoms with E-state index in [9.17, 15) is 9.90 Å². The molecule has 0 saturated heterocycles. The summed E-state index contributed by atoms with van der Waals surface area (Å²) in [6, 6.07) is 5.56. The second-order valence-corrected chi connectivity index (χ2v) is 5.92. The van der Waals surface area contributed by atoms with Gasteiger partial charge >= 0.3 is 0 Å². The first kappa shape index (κ1) is 18.4. The Morgan fingerprint density at radius 3 is 2.92 bits per heavy atom. The van der Waals surface area contributed by atoms with E-state index < -0.39 is 6.10 Å². The normalized spacial score (nSPS) is 14.3. The van der Waals surface area contributed by atoms with E-state index in [4.69, 9.17) is 14.2 Å². The summed E-state index contributed by atoms with van der Waals surface area (Å²) in [5.74, 6) is 1.79. The van der Waals surface area contributed by atoms with Gasteiger partial charge in [-0.3, -0.25) is 4.79 Å². The minimum absolute atomic E-state index is 0.00342. The smallest absolute Gasteiger partial charge is 0.221 e. The fourth-order valence-corrected chi connectivity index (χ4v) is 2.27. The molecule has 7 heteroatoms. The molecule has 1 aliphatic heterocycles. The van der Waals surface area contributed by atoms with Crippen molar-refractivity contribution in [3.63, 3.8) is 0 Å². The molecule has 1 aromatic carbocycles. The first-order chi connectivity index (χ1) is 11.6. The van der Waals surface area contributed by atoms with Gasteiger partial charge in [0.05, 0.1) is 0 Å². The van der Waals surface area contributed by atoms with Crippen LogP contribution in [-0.4, -0.2) is 56.1 Å². The summed E-state index contributed by atoms with van der Waals surface area (Å²) in [5.41, 5.74) is 0. The number of benzene rings is 1. The lowest BCUT2D eigenvalue weighted by Gasteiger charge is -2.21. The standard InChI is InChI=1S/C17H26N2O5/c1-12(2)19-16(21)6-7-18-10-13(20)11-24-15-5-3-4-14-17(15)23-9-8-22-14/h3-5,12-13,18,20H,6-11H2,1-2H3,(H,19,21). The lowest BCUT2D eigenvalue weighted by molar-refractivity contribution is -0.121. The van der Waals surface area contributed by atoms with Crippen LogP contribution < -0.4 is 24.8 Å². The Balaban J connectivity index is 1.67. The minimum atomic E-state index is -0.682. The molecule has 1 amide bonds. The number of aliphatic hydroxyl groups excluding tert-OH is 1. The van der Waals surface area contributed by atoms with E-state index in [2.05, 4.69) is 10.6 Å². The Morgan fingerprint density at radius 2 is 2.12 bits per heavy atom. The van der Waals surface area contributed by atoms with Crippen molar-refractivity contribution in [1.29, 1.82) is 0 Å². The molecule has 0 fully saturated rings. The van der Waals surface area contributed by atoms with E-state index in [1.807, 2.05) is 26.0 Å². The number of rotatable bonds is 9. The molecule has 134 valence electrons. The Bertz CT molecular complexity index is 536. The highest BCUT2D eigenvalue weighted by atomic mass is 16.6. The first-order valence-electron chi connectivity index (χ1n) is 8.26. The summed E-state index contributed by atoms with van der Waals surface area (Å²) < 4.78 is 16.7.